The standard InChI is InChI=1S/C15H18ClN3O2/c1-2-10-17-13(20)8-5-9-14-18-15(19-21-14)11-6-3-4-7-12(11)16/h3-4,6-7H,2,5,8-10H2,1H3,(H,17,20). The first-order chi connectivity index (χ1) is 10.2. The van der Waals surface area contributed by atoms with Crippen LogP contribution in [0.15, 0.2) is 28.8 Å². The van der Waals surface area contributed by atoms with Gasteiger partial charge in [-0.05, 0) is 25.0 Å². The van der Waals surface area contributed by atoms with E-state index in [0.717, 1.165) is 18.5 Å². The Labute approximate surface area is 128 Å². The molecule has 5 nitrogen and oxygen atoms in total. The molecule has 0 aliphatic rings. The van der Waals surface area contributed by atoms with Crippen LogP contribution < -0.4 is 5.32 Å². The van der Waals surface area contributed by atoms with Crippen LogP contribution in [0.3, 0.4) is 0 Å². The Morgan fingerprint density at radius 3 is 2.95 bits per heavy atom. The van der Waals surface area contributed by atoms with Gasteiger partial charge in [-0.25, -0.2) is 0 Å². The fraction of sp³-hybridized carbons (Fsp3) is 0.400. The third-order valence-corrected chi connectivity index (χ3v) is 3.28. The van der Waals surface area contributed by atoms with Crippen molar-refractivity contribution >= 4 is 17.5 Å². The van der Waals surface area contributed by atoms with E-state index in [9.17, 15) is 4.79 Å². The molecule has 2 rings (SSSR count). The van der Waals surface area contributed by atoms with Crippen molar-refractivity contribution in [2.75, 3.05) is 6.54 Å². The van der Waals surface area contributed by atoms with Gasteiger partial charge in [0.05, 0.1) is 5.02 Å². The highest BCUT2D eigenvalue weighted by molar-refractivity contribution is 6.33. The molecule has 0 aliphatic carbocycles. The summed E-state index contributed by atoms with van der Waals surface area (Å²) in [6.07, 6.45) is 2.66. The summed E-state index contributed by atoms with van der Waals surface area (Å²) in [5, 5.41) is 7.34. The first-order valence-electron chi connectivity index (χ1n) is 7.05. The van der Waals surface area contributed by atoms with E-state index in [0.29, 0.717) is 36.0 Å². The summed E-state index contributed by atoms with van der Waals surface area (Å²) >= 11 is 6.09. The van der Waals surface area contributed by atoms with Gasteiger partial charge < -0.3 is 9.84 Å². The van der Waals surface area contributed by atoms with E-state index in [4.69, 9.17) is 16.1 Å². The summed E-state index contributed by atoms with van der Waals surface area (Å²) in [6, 6.07) is 7.34. The number of carbonyl (C=O) groups is 1. The van der Waals surface area contributed by atoms with Crippen LogP contribution in [0.2, 0.25) is 5.02 Å². The van der Waals surface area contributed by atoms with Gasteiger partial charge in [0.2, 0.25) is 17.6 Å². The minimum Gasteiger partial charge on any atom is -0.356 e. The topological polar surface area (TPSA) is 68.0 Å². The molecule has 0 atom stereocenters. The monoisotopic (exact) mass is 307 g/mol. The molecule has 112 valence electrons. The highest BCUT2D eigenvalue weighted by Gasteiger charge is 2.11. The van der Waals surface area contributed by atoms with Crippen molar-refractivity contribution in [3.63, 3.8) is 0 Å². The molecular formula is C15H18ClN3O2. The summed E-state index contributed by atoms with van der Waals surface area (Å²) in [5.41, 5.74) is 0.745. The normalized spacial score (nSPS) is 10.6. The van der Waals surface area contributed by atoms with Crippen LogP contribution in [-0.2, 0) is 11.2 Å². The van der Waals surface area contributed by atoms with Crippen LogP contribution in [0.25, 0.3) is 11.4 Å². The minimum absolute atomic E-state index is 0.0580. The molecule has 21 heavy (non-hydrogen) atoms. The molecule has 6 heteroatoms. The molecule has 1 aromatic heterocycles. The van der Waals surface area contributed by atoms with E-state index in [1.165, 1.54) is 0 Å². The van der Waals surface area contributed by atoms with Crippen LogP contribution in [0.4, 0.5) is 0 Å². The van der Waals surface area contributed by atoms with Crippen LogP contribution in [0.1, 0.15) is 32.1 Å². The van der Waals surface area contributed by atoms with E-state index < -0.39 is 0 Å². The van der Waals surface area contributed by atoms with Crippen molar-refractivity contribution < 1.29 is 9.32 Å². The maximum absolute atomic E-state index is 11.5. The Kier molecular flexibility index (Phi) is 5.75. The molecule has 0 saturated heterocycles. The summed E-state index contributed by atoms with van der Waals surface area (Å²) in [6.45, 7) is 2.74. The number of carbonyl (C=O) groups excluding carboxylic acids is 1. The zero-order chi connectivity index (χ0) is 15.1. The van der Waals surface area contributed by atoms with Crippen LogP contribution in [0.5, 0.6) is 0 Å². The number of halogens is 1. The van der Waals surface area contributed by atoms with E-state index in [2.05, 4.69) is 15.5 Å². The molecule has 0 spiro atoms. The van der Waals surface area contributed by atoms with E-state index >= 15 is 0 Å². The van der Waals surface area contributed by atoms with Crippen molar-refractivity contribution in [2.24, 2.45) is 0 Å². The predicted molar refractivity (Wildman–Crippen MR) is 81.0 cm³/mol. The Morgan fingerprint density at radius 2 is 2.19 bits per heavy atom. The summed E-state index contributed by atoms with van der Waals surface area (Å²) in [4.78, 5) is 15.8. The van der Waals surface area contributed by atoms with Crippen molar-refractivity contribution in [1.82, 2.24) is 15.5 Å². The molecule has 0 unspecified atom stereocenters. The predicted octanol–water partition coefficient (Wildman–Crippen LogP) is 3.24. The van der Waals surface area contributed by atoms with E-state index in [-0.39, 0.29) is 5.91 Å². The first kappa shape index (κ1) is 15.5. The van der Waals surface area contributed by atoms with Crippen LogP contribution in [0, 0.1) is 0 Å². The van der Waals surface area contributed by atoms with Gasteiger partial charge in [-0.2, -0.15) is 4.98 Å². The highest BCUT2D eigenvalue weighted by atomic mass is 35.5. The lowest BCUT2D eigenvalue weighted by molar-refractivity contribution is -0.121. The number of amides is 1. The van der Waals surface area contributed by atoms with Crippen molar-refractivity contribution in [1.29, 1.82) is 0 Å². The number of aromatic nitrogens is 2. The summed E-state index contributed by atoms with van der Waals surface area (Å²) < 4.78 is 5.19. The Hall–Kier alpha value is -1.88. The number of nitrogens with zero attached hydrogens (tertiary/aromatic N) is 2. The van der Waals surface area contributed by atoms with Gasteiger partial charge in [0.15, 0.2) is 0 Å². The van der Waals surface area contributed by atoms with E-state index in [1.54, 1.807) is 6.07 Å². The number of benzene rings is 1. The zero-order valence-corrected chi connectivity index (χ0v) is 12.7. The Bertz CT molecular complexity index is 598. The van der Waals surface area contributed by atoms with Gasteiger partial charge in [0.1, 0.15) is 0 Å². The first-order valence-corrected chi connectivity index (χ1v) is 7.42. The second kappa shape index (κ2) is 7.78. The van der Waals surface area contributed by atoms with Crippen molar-refractivity contribution in [3.05, 3.63) is 35.2 Å². The van der Waals surface area contributed by atoms with Crippen molar-refractivity contribution in [3.8, 4) is 11.4 Å². The fourth-order valence-electron chi connectivity index (χ4n) is 1.86. The van der Waals surface area contributed by atoms with Gasteiger partial charge in [-0.1, -0.05) is 35.8 Å². The molecule has 1 amide bonds. The highest BCUT2D eigenvalue weighted by Crippen LogP contribution is 2.25. The number of aryl methyl sites for hydroxylation is 1. The molecule has 1 heterocycles. The number of hydrogen-bond donors (Lipinski definition) is 1. The third-order valence-electron chi connectivity index (χ3n) is 2.95. The third kappa shape index (κ3) is 4.56. The van der Waals surface area contributed by atoms with Gasteiger partial charge in [0.25, 0.3) is 0 Å². The van der Waals surface area contributed by atoms with Crippen molar-refractivity contribution in [2.45, 2.75) is 32.6 Å². The van der Waals surface area contributed by atoms with Crippen LogP contribution in [-0.4, -0.2) is 22.6 Å². The Morgan fingerprint density at radius 1 is 1.38 bits per heavy atom. The van der Waals surface area contributed by atoms with E-state index in [1.807, 2.05) is 25.1 Å². The quantitative estimate of drug-likeness (QED) is 0.852. The fourth-order valence-corrected chi connectivity index (χ4v) is 2.08. The smallest absolute Gasteiger partial charge is 0.226 e. The molecular weight excluding hydrogens is 290 g/mol. The number of hydrogen-bond acceptors (Lipinski definition) is 4. The molecule has 1 aromatic carbocycles. The lowest BCUT2D eigenvalue weighted by Gasteiger charge is -2.01. The average molecular weight is 308 g/mol. The molecule has 0 radical (unpaired) electrons. The molecule has 0 bridgehead atoms. The number of nitrogens with one attached hydrogen (secondary N) is 1. The molecule has 0 fully saturated rings. The van der Waals surface area contributed by atoms with Gasteiger partial charge in [0, 0.05) is 24.9 Å². The summed E-state index contributed by atoms with van der Waals surface area (Å²) in [5.74, 6) is 1.06. The molecule has 0 saturated carbocycles. The Balaban J connectivity index is 1.87. The lowest BCUT2D eigenvalue weighted by atomic mass is 10.2. The average Bonchev–Trinajstić information content (AvgIpc) is 2.94. The number of rotatable bonds is 7. The van der Waals surface area contributed by atoms with Gasteiger partial charge in [-0.3, -0.25) is 4.79 Å². The maximum Gasteiger partial charge on any atom is 0.226 e. The second-order valence-electron chi connectivity index (χ2n) is 4.70. The van der Waals surface area contributed by atoms with Gasteiger partial charge >= 0.3 is 0 Å². The zero-order valence-electron chi connectivity index (χ0n) is 11.9. The molecule has 1 N–H and O–H groups in total. The summed E-state index contributed by atoms with van der Waals surface area (Å²) in [7, 11) is 0. The van der Waals surface area contributed by atoms with Gasteiger partial charge in [-0.15, -0.1) is 0 Å². The van der Waals surface area contributed by atoms with Crippen LogP contribution >= 0.6 is 11.6 Å². The second-order valence-corrected chi connectivity index (χ2v) is 5.10. The minimum atomic E-state index is 0.0580. The maximum atomic E-state index is 11.5. The molecule has 0 aliphatic heterocycles. The molecule has 2 aromatic rings. The SMILES string of the molecule is CCCNC(=O)CCCc1nc(-c2ccccc2Cl)no1. The largest absolute Gasteiger partial charge is 0.356 e. The lowest BCUT2D eigenvalue weighted by Crippen LogP contribution is -2.23.